The molecule has 0 bridgehead atoms. The summed E-state index contributed by atoms with van der Waals surface area (Å²) < 4.78 is 31.6. The van der Waals surface area contributed by atoms with E-state index in [0.717, 1.165) is 17.8 Å². The van der Waals surface area contributed by atoms with Gasteiger partial charge in [0.15, 0.2) is 11.6 Å². The fourth-order valence-electron chi connectivity index (χ4n) is 2.01. The first-order valence-corrected chi connectivity index (χ1v) is 7.36. The maximum absolute atomic E-state index is 13.2. The van der Waals surface area contributed by atoms with Crippen molar-refractivity contribution < 1.29 is 18.3 Å². The second-order valence-electron chi connectivity index (χ2n) is 5.22. The van der Waals surface area contributed by atoms with Gasteiger partial charge in [-0.3, -0.25) is 4.79 Å². The minimum Gasteiger partial charge on any atom is -0.438 e. The lowest BCUT2D eigenvalue weighted by molar-refractivity contribution is 0.102. The summed E-state index contributed by atoms with van der Waals surface area (Å²) in [6.45, 7) is 1.82. The average molecular weight is 341 g/mol. The van der Waals surface area contributed by atoms with Gasteiger partial charge in [0.25, 0.3) is 5.91 Å². The van der Waals surface area contributed by atoms with Crippen LogP contribution < -0.4 is 10.1 Å². The zero-order chi connectivity index (χ0) is 17.8. The van der Waals surface area contributed by atoms with Gasteiger partial charge in [-0.05, 0) is 49.4 Å². The molecule has 0 aliphatic carbocycles. The number of carbonyl (C=O) groups is 1. The molecular weight excluding hydrogens is 328 g/mol. The molecule has 0 aliphatic rings. The number of hydrogen-bond donors (Lipinski definition) is 1. The third-order valence-electron chi connectivity index (χ3n) is 3.29. The average Bonchev–Trinajstić information content (AvgIpc) is 2.61. The van der Waals surface area contributed by atoms with Crippen LogP contribution in [0.4, 0.5) is 14.5 Å². The second-order valence-corrected chi connectivity index (χ2v) is 5.22. The molecular formula is C18H13F2N3O2. The van der Waals surface area contributed by atoms with E-state index in [-0.39, 0.29) is 5.69 Å². The number of halogens is 2. The number of aryl methyl sites for hydroxylation is 1. The number of carbonyl (C=O) groups excluding carboxylic acids is 1. The number of benzene rings is 2. The first-order chi connectivity index (χ1) is 12.0. The Morgan fingerprint density at radius 2 is 1.72 bits per heavy atom. The van der Waals surface area contributed by atoms with Crippen molar-refractivity contribution in [2.75, 3.05) is 5.32 Å². The Kier molecular flexibility index (Phi) is 4.65. The maximum Gasteiger partial charge on any atom is 0.255 e. The molecule has 0 atom stereocenters. The van der Waals surface area contributed by atoms with Gasteiger partial charge in [0.1, 0.15) is 5.75 Å². The molecule has 25 heavy (non-hydrogen) atoms. The lowest BCUT2D eigenvalue weighted by atomic mass is 10.2. The molecule has 0 spiro atoms. The van der Waals surface area contributed by atoms with E-state index in [1.54, 1.807) is 36.4 Å². The summed E-state index contributed by atoms with van der Waals surface area (Å²) in [5.41, 5.74) is 1.28. The van der Waals surface area contributed by atoms with E-state index in [9.17, 15) is 13.6 Å². The molecule has 5 nitrogen and oxygen atoms in total. The molecule has 0 fully saturated rings. The number of rotatable bonds is 4. The molecule has 1 amide bonds. The van der Waals surface area contributed by atoms with Crippen LogP contribution in [0.2, 0.25) is 0 Å². The highest BCUT2D eigenvalue weighted by Crippen LogP contribution is 2.20. The molecule has 0 aliphatic heterocycles. The van der Waals surface area contributed by atoms with Crippen LogP contribution >= 0.6 is 0 Å². The molecule has 2 aromatic carbocycles. The van der Waals surface area contributed by atoms with Crippen molar-refractivity contribution in [3.8, 4) is 11.6 Å². The Morgan fingerprint density at radius 3 is 2.36 bits per heavy atom. The van der Waals surface area contributed by atoms with Crippen LogP contribution in [0.1, 0.15) is 16.1 Å². The molecule has 1 aromatic heterocycles. The molecule has 1 heterocycles. The molecule has 3 aromatic rings. The normalized spacial score (nSPS) is 10.4. The fraction of sp³-hybridized carbons (Fsp3) is 0.0556. The largest absolute Gasteiger partial charge is 0.438 e. The van der Waals surface area contributed by atoms with Gasteiger partial charge in [-0.1, -0.05) is 0 Å². The third kappa shape index (κ3) is 4.14. The molecule has 3 rings (SSSR count). The van der Waals surface area contributed by atoms with Crippen LogP contribution in [-0.4, -0.2) is 16.1 Å². The molecule has 0 unspecified atom stereocenters. The van der Waals surface area contributed by atoms with E-state index in [0.29, 0.717) is 17.2 Å². The number of nitrogens with zero attached hydrogens (tertiary/aromatic N) is 2. The van der Waals surface area contributed by atoms with Gasteiger partial charge in [-0.2, -0.15) is 5.10 Å². The first kappa shape index (κ1) is 16.5. The van der Waals surface area contributed by atoms with Gasteiger partial charge in [0.2, 0.25) is 5.88 Å². The van der Waals surface area contributed by atoms with Crippen molar-refractivity contribution in [1.82, 2.24) is 10.2 Å². The van der Waals surface area contributed by atoms with Gasteiger partial charge >= 0.3 is 0 Å². The number of ether oxygens (including phenoxy) is 1. The van der Waals surface area contributed by atoms with Crippen molar-refractivity contribution in [2.24, 2.45) is 0 Å². The topological polar surface area (TPSA) is 64.1 Å². The van der Waals surface area contributed by atoms with Crippen molar-refractivity contribution >= 4 is 11.6 Å². The number of amides is 1. The summed E-state index contributed by atoms with van der Waals surface area (Å²) in [7, 11) is 0. The molecule has 0 radical (unpaired) electrons. The van der Waals surface area contributed by atoms with E-state index in [1.165, 1.54) is 6.07 Å². The Balaban J connectivity index is 1.67. The van der Waals surface area contributed by atoms with Crippen LogP contribution in [0.25, 0.3) is 0 Å². The Morgan fingerprint density at radius 1 is 0.960 bits per heavy atom. The van der Waals surface area contributed by atoms with E-state index in [1.807, 2.05) is 6.92 Å². The van der Waals surface area contributed by atoms with Crippen molar-refractivity contribution in [1.29, 1.82) is 0 Å². The third-order valence-corrected chi connectivity index (χ3v) is 3.29. The standard InChI is InChI=1S/C18H13F2N3O2/c1-11-2-9-17(23-22-11)25-14-6-3-12(4-7-14)18(24)21-13-5-8-15(19)16(20)10-13/h2-10H,1H3,(H,21,24). The number of aromatic nitrogens is 2. The lowest BCUT2D eigenvalue weighted by Crippen LogP contribution is -2.12. The minimum atomic E-state index is -1.03. The SMILES string of the molecule is Cc1ccc(Oc2ccc(C(=O)Nc3ccc(F)c(F)c3)cc2)nn1. The number of anilines is 1. The van der Waals surface area contributed by atoms with Gasteiger partial charge in [0.05, 0.1) is 5.69 Å². The fourth-order valence-corrected chi connectivity index (χ4v) is 2.01. The van der Waals surface area contributed by atoms with Gasteiger partial charge in [-0.15, -0.1) is 5.10 Å². The number of hydrogen-bond acceptors (Lipinski definition) is 4. The van der Waals surface area contributed by atoms with Crippen LogP contribution in [-0.2, 0) is 0 Å². The Bertz CT molecular complexity index is 897. The summed E-state index contributed by atoms with van der Waals surface area (Å²) >= 11 is 0. The molecule has 0 saturated carbocycles. The summed E-state index contributed by atoms with van der Waals surface area (Å²) in [6, 6.07) is 12.9. The Hall–Kier alpha value is -3.35. The summed E-state index contributed by atoms with van der Waals surface area (Å²) in [4.78, 5) is 12.1. The summed E-state index contributed by atoms with van der Waals surface area (Å²) in [6.07, 6.45) is 0. The highest BCUT2D eigenvalue weighted by atomic mass is 19.2. The van der Waals surface area contributed by atoms with Crippen molar-refractivity contribution in [3.05, 3.63) is 77.5 Å². The highest BCUT2D eigenvalue weighted by molar-refractivity contribution is 6.04. The molecule has 126 valence electrons. The monoisotopic (exact) mass is 341 g/mol. The van der Waals surface area contributed by atoms with Crippen LogP contribution in [0.3, 0.4) is 0 Å². The molecule has 1 N–H and O–H groups in total. The molecule has 7 heteroatoms. The van der Waals surface area contributed by atoms with Gasteiger partial charge in [-0.25, -0.2) is 8.78 Å². The van der Waals surface area contributed by atoms with Crippen LogP contribution in [0.15, 0.2) is 54.6 Å². The highest BCUT2D eigenvalue weighted by Gasteiger charge is 2.09. The lowest BCUT2D eigenvalue weighted by Gasteiger charge is -2.07. The van der Waals surface area contributed by atoms with Crippen LogP contribution in [0, 0.1) is 18.6 Å². The van der Waals surface area contributed by atoms with E-state index in [2.05, 4.69) is 15.5 Å². The van der Waals surface area contributed by atoms with Crippen LogP contribution in [0.5, 0.6) is 11.6 Å². The summed E-state index contributed by atoms with van der Waals surface area (Å²) in [5, 5.41) is 10.3. The number of nitrogens with one attached hydrogen (secondary N) is 1. The Labute approximate surface area is 142 Å². The van der Waals surface area contributed by atoms with Gasteiger partial charge in [0, 0.05) is 23.4 Å². The van der Waals surface area contributed by atoms with E-state index >= 15 is 0 Å². The van der Waals surface area contributed by atoms with Crippen molar-refractivity contribution in [3.63, 3.8) is 0 Å². The van der Waals surface area contributed by atoms with Crippen molar-refractivity contribution in [2.45, 2.75) is 6.92 Å². The van der Waals surface area contributed by atoms with E-state index in [4.69, 9.17) is 4.74 Å². The molecule has 0 saturated heterocycles. The maximum atomic E-state index is 13.2. The minimum absolute atomic E-state index is 0.166. The predicted molar refractivity (Wildman–Crippen MR) is 87.6 cm³/mol. The zero-order valence-electron chi connectivity index (χ0n) is 13.2. The smallest absolute Gasteiger partial charge is 0.255 e. The predicted octanol–water partition coefficient (Wildman–Crippen LogP) is 4.11. The summed E-state index contributed by atoms with van der Waals surface area (Å²) in [5.74, 6) is -1.63. The first-order valence-electron chi connectivity index (χ1n) is 7.36. The second kappa shape index (κ2) is 7.04. The van der Waals surface area contributed by atoms with E-state index < -0.39 is 17.5 Å². The quantitative estimate of drug-likeness (QED) is 0.776. The zero-order valence-corrected chi connectivity index (χ0v) is 13.2. The van der Waals surface area contributed by atoms with Gasteiger partial charge < -0.3 is 10.1 Å².